The van der Waals surface area contributed by atoms with Gasteiger partial charge in [0.25, 0.3) is 0 Å². The van der Waals surface area contributed by atoms with Gasteiger partial charge < -0.3 is 5.32 Å². The Hall–Kier alpha value is -1.75. The molecule has 92 valence electrons. The Labute approximate surface area is 108 Å². The summed E-state index contributed by atoms with van der Waals surface area (Å²) in [6.45, 7) is 5.97. The molecule has 18 heavy (non-hydrogen) atoms. The Morgan fingerprint density at radius 1 is 1.06 bits per heavy atom. The fraction of sp³-hybridized carbons (Fsp3) is 0.438. The summed E-state index contributed by atoms with van der Waals surface area (Å²) in [4.78, 5) is 0. The molecule has 0 bridgehead atoms. The molecule has 2 heteroatoms. The summed E-state index contributed by atoms with van der Waals surface area (Å²) < 4.78 is 0. The molecular weight excluding hydrogens is 220 g/mol. The lowest BCUT2D eigenvalue weighted by molar-refractivity contribution is 0.896. The third kappa shape index (κ3) is 1.54. The first-order valence-corrected chi connectivity index (χ1v) is 6.74. The normalized spacial score (nSPS) is 16.0. The van der Waals surface area contributed by atoms with Crippen LogP contribution in [-0.2, 0) is 25.7 Å². The summed E-state index contributed by atoms with van der Waals surface area (Å²) in [5, 5.41) is 12.9. The predicted molar refractivity (Wildman–Crippen MR) is 73.6 cm³/mol. The smallest absolute Gasteiger partial charge is 0.0997 e. The van der Waals surface area contributed by atoms with Crippen molar-refractivity contribution in [3.63, 3.8) is 0 Å². The molecule has 0 aromatic heterocycles. The highest BCUT2D eigenvalue weighted by Gasteiger charge is 2.28. The van der Waals surface area contributed by atoms with Crippen molar-refractivity contribution in [3.05, 3.63) is 40.1 Å². The maximum Gasteiger partial charge on any atom is 0.0997 e. The highest BCUT2D eigenvalue weighted by Crippen LogP contribution is 2.41. The zero-order chi connectivity index (χ0) is 12.7. The van der Waals surface area contributed by atoms with Crippen LogP contribution in [-0.4, -0.2) is 0 Å². The van der Waals surface area contributed by atoms with Gasteiger partial charge in [-0.3, -0.25) is 0 Å². The van der Waals surface area contributed by atoms with Crippen LogP contribution in [0.3, 0.4) is 0 Å². The fourth-order valence-corrected chi connectivity index (χ4v) is 3.45. The number of rotatable bonds is 2. The number of benzene rings is 1. The molecule has 0 aliphatic heterocycles. The van der Waals surface area contributed by atoms with Crippen molar-refractivity contribution in [1.29, 1.82) is 5.26 Å². The van der Waals surface area contributed by atoms with Gasteiger partial charge in [-0.05, 0) is 67.7 Å². The Bertz CT molecular complexity index is 541. The molecule has 1 aromatic carbocycles. The summed E-state index contributed by atoms with van der Waals surface area (Å²) in [6.07, 6.45) is 6.70. The Kier molecular flexibility index (Phi) is 2.63. The minimum Gasteiger partial charge on any atom is -0.359 e. The molecule has 2 aliphatic rings. The number of anilines is 1. The van der Waals surface area contributed by atoms with Crippen molar-refractivity contribution in [2.24, 2.45) is 0 Å². The first kappa shape index (κ1) is 11.3. The van der Waals surface area contributed by atoms with Gasteiger partial charge in [0.1, 0.15) is 0 Å². The van der Waals surface area contributed by atoms with Crippen LogP contribution >= 0.6 is 0 Å². The van der Waals surface area contributed by atoms with Gasteiger partial charge in [0, 0.05) is 11.4 Å². The average molecular weight is 238 g/mol. The van der Waals surface area contributed by atoms with Gasteiger partial charge in [-0.25, -0.2) is 0 Å². The van der Waals surface area contributed by atoms with Gasteiger partial charge in [0.15, 0.2) is 0 Å². The van der Waals surface area contributed by atoms with Crippen LogP contribution in [0.2, 0.25) is 0 Å². The number of hydrogen-bond acceptors (Lipinski definition) is 2. The molecule has 0 radical (unpaired) electrons. The van der Waals surface area contributed by atoms with Crippen LogP contribution < -0.4 is 5.32 Å². The van der Waals surface area contributed by atoms with Crippen molar-refractivity contribution in [2.45, 2.75) is 45.4 Å². The molecule has 0 spiro atoms. The lowest BCUT2D eigenvalue weighted by Gasteiger charge is -2.18. The van der Waals surface area contributed by atoms with Crippen LogP contribution in [0.4, 0.5) is 5.69 Å². The number of fused-ring (bicyclic) bond motifs is 2. The molecule has 0 fully saturated rings. The van der Waals surface area contributed by atoms with Gasteiger partial charge in [-0.15, -0.1) is 0 Å². The number of hydrogen-bond donors (Lipinski definition) is 1. The average Bonchev–Trinajstić information content (AvgIpc) is 2.96. The third-order valence-corrected chi connectivity index (χ3v) is 4.09. The molecular formula is C16H18N2. The monoisotopic (exact) mass is 238 g/mol. The highest BCUT2D eigenvalue weighted by atomic mass is 14.9. The number of nitrogens with zero attached hydrogens (tertiary/aromatic N) is 1. The van der Waals surface area contributed by atoms with Crippen molar-refractivity contribution in [2.75, 3.05) is 5.32 Å². The van der Waals surface area contributed by atoms with E-state index in [9.17, 15) is 5.26 Å². The van der Waals surface area contributed by atoms with E-state index in [1.165, 1.54) is 40.8 Å². The van der Waals surface area contributed by atoms with Crippen LogP contribution in [0.1, 0.15) is 47.6 Å². The predicted octanol–water partition coefficient (Wildman–Crippen LogP) is 3.48. The summed E-state index contributed by atoms with van der Waals surface area (Å²) in [5.74, 6) is 0. The van der Waals surface area contributed by atoms with Gasteiger partial charge in [0.2, 0.25) is 0 Å². The van der Waals surface area contributed by atoms with Crippen molar-refractivity contribution in [3.8, 4) is 6.07 Å². The van der Waals surface area contributed by atoms with E-state index in [-0.39, 0.29) is 0 Å². The van der Waals surface area contributed by atoms with Gasteiger partial charge in [-0.2, -0.15) is 5.26 Å². The van der Waals surface area contributed by atoms with Crippen molar-refractivity contribution < 1.29 is 0 Å². The molecule has 0 amide bonds. The second-order valence-electron chi connectivity index (χ2n) is 5.39. The van der Waals surface area contributed by atoms with E-state index in [2.05, 4.69) is 18.0 Å². The molecule has 0 atom stereocenters. The lowest BCUT2D eigenvalue weighted by atomic mass is 9.92. The Morgan fingerprint density at radius 2 is 1.56 bits per heavy atom. The Balaban J connectivity index is 2.27. The zero-order valence-electron chi connectivity index (χ0n) is 10.9. The van der Waals surface area contributed by atoms with Crippen LogP contribution in [0, 0.1) is 11.3 Å². The maximum atomic E-state index is 9.45. The van der Waals surface area contributed by atoms with E-state index in [0.29, 0.717) is 0 Å². The fourth-order valence-electron chi connectivity index (χ4n) is 3.45. The SMILES string of the molecule is C=C(C)Nc1c2c(c(C#N)c3c1CCC3)CCC2. The summed E-state index contributed by atoms with van der Waals surface area (Å²) in [5.41, 5.74) is 8.64. The van der Waals surface area contributed by atoms with E-state index in [1.54, 1.807) is 0 Å². The van der Waals surface area contributed by atoms with Gasteiger partial charge >= 0.3 is 0 Å². The van der Waals surface area contributed by atoms with Crippen molar-refractivity contribution >= 4 is 5.69 Å². The minimum atomic E-state index is 0.988. The Morgan fingerprint density at radius 3 is 2.00 bits per heavy atom. The van der Waals surface area contributed by atoms with Crippen LogP contribution in [0.5, 0.6) is 0 Å². The largest absolute Gasteiger partial charge is 0.359 e. The molecule has 0 heterocycles. The van der Waals surface area contributed by atoms with E-state index in [0.717, 1.165) is 36.9 Å². The van der Waals surface area contributed by atoms with E-state index < -0.39 is 0 Å². The number of allylic oxidation sites excluding steroid dienone is 1. The number of nitriles is 1. The third-order valence-electron chi connectivity index (χ3n) is 4.09. The molecule has 0 saturated heterocycles. The first-order chi connectivity index (χ1) is 8.72. The van der Waals surface area contributed by atoms with Gasteiger partial charge in [0.05, 0.1) is 11.6 Å². The van der Waals surface area contributed by atoms with Crippen LogP contribution in [0.25, 0.3) is 0 Å². The summed E-state index contributed by atoms with van der Waals surface area (Å²) >= 11 is 0. The van der Waals surface area contributed by atoms with E-state index in [4.69, 9.17) is 0 Å². The zero-order valence-corrected chi connectivity index (χ0v) is 10.9. The van der Waals surface area contributed by atoms with Gasteiger partial charge in [-0.1, -0.05) is 6.58 Å². The maximum absolute atomic E-state index is 9.45. The second-order valence-corrected chi connectivity index (χ2v) is 5.39. The topological polar surface area (TPSA) is 35.8 Å². The van der Waals surface area contributed by atoms with Crippen molar-refractivity contribution in [1.82, 2.24) is 0 Å². The van der Waals surface area contributed by atoms with E-state index in [1.807, 2.05) is 6.92 Å². The molecule has 3 rings (SSSR count). The molecule has 1 aromatic rings. The van der Waals surface area contributed by atoms with Crippen LogP contribution in [0.15, 0.2) is 12.3 Å². The molecule has 1 N–H and O–H groups in total. The molecule has 0 unspecified atom stereocenters. The molecule has 2 nitrogen and oxygen atoms in total. The minimum absolute atomic E-state index is 0.988. The standard InChI is InChI=1S/C16H18N2/c1-10(2)18-16-13-7-3-5-11(13)15(9-17)12-6-4-8-14(12)16/h18H,1,3-8H2,2H3. The summed E-state index contributed by atoms with van der Waals surface area (Å²) in [6, 6.07) is 2.46. The molecule has 0 saturated carbocycles. The lowest BCUT2D eigenvalue weighted by Crippen LogP contribution is -2.06. The first-order valence-electron chi connectivity index (χ1n) is 6.74. The molecule has 2 aliphatic carbocycles. The number of nitrogens with one attached hydrogen (secondary N) is 1. The van der Waals surface area contributed by atoms with E-state index >= 15 is 0 Å². The second kappa shape index (κ2) is 4.17. The summed E-state index contributed by atoms with van der Waals surface area (Å²) in [7, 11) is 0. The highest BCUT2D eigenvalue weighted by molar-refractivity contribution is 5.72. The quantitative estimate of drug-likeness (QED) is 0.856.